The first-order valence-corrected chi connectivity index (χ1v) is 12.2. The van der Waals surface area contributed by atoms with Crippen molar-refractivity contribution in [1.82, 2.24) is 13.7 Å². The number of sulfonamides is 1. The molecule has 0 radical (unpaired) electrons. The summed E-state index contributed by atoms with van der Waals surface area (Å²) in [4.78, 5) is 18.3. The van der Waals surface area contributed by atoms with Gasteiger partial charge in [0.05, 0.1) is 6.61 Å². The summed E-state index contributed by atoms with van der Waals surface area (Å²) in [5, 5.41) is 1.77. The van der Waals surface area contributed by atoms with Crippen LogP contribution in [-0.4, -0.2) is 53.8 Å². The Balaban J connectivity index is 1.39. The number of aromatic nitrogens is 2. The number of carbonyl (C=O) groups is 1. The first-order chi connectivity index (χ1) is 14.5. The fraction of sp³-hybridized carbons (Fsp3) is 0.368. The van der Waals surface area contributed by atoms with Gasteiger partial charge in [-0.15, -0.1) is 11.3 Å². The largest absolute Gasteiger partial charge is 0.346 e. The lowest BCUT2D eigenvalue weighted by Crippen LogP contribution is -2.53. The monoisotopic (exact) mass is 466 g/mol. The zero-order valence-corrected chi connectivity index (χ0v) is 18.2. The van der Waals surface area contributed by atoms with Crippen LogP contribution in [0.15, 0.2) is 40.9 Å². The molecule has 0 spiro atoms. The molecule has 2 aromatic heterocycles. The van der Waals surface area contributed by atoms with Crippen LogP contribution in [0.4, 0.5) is 5.69 Å². The fourth-order valence-electron chi connectivity index (χ4n) is 4.24. The highest BCUT2D eigenvalue weighted by Crippen LogP contribution is 2.35. The minimum absolute atomic E-state index is 0.00446. The summed E-state index contributed by atoms with van der Waals surface area (Å²) in [6.07, 6.45) is 2.95. The number of rotatable bonds is 4. The van der Waals surface area contributed by atoms with E-state index in [1.807, 2.05) is 29.2 Å². The molecule has 0 aliphatic carbocycles. The average molecular weight is 467 g/mol. The minimum Gasteiger partial charge on any atom is -0.346 e. The number of nitrogens with zero attached hydrogens (tertiary/aromatic N) is 4. The third-order valence-electron chi connectivity index (χ3n) is 5.65. The second-order valence-electron chi connectivity index (χ2n) is 7.27. The summed E-state index contributed by atoms with van der Waals surface area (Å²) < 4.78 is 35.2. The maximum Gasteiger partial charge on any atom is 0.262 e. The van der Waals surface area contributed by atoms with Gasteiger partial charge < -0.3 is 9.64 Å². The number of imidazole rings is 1. The molecule has 1 fully saturated rings. The van der Waals surface area contributed by atoms with Gasteiger partial charge in [0.25, 0.3) is 10.0 Å². The van der Waals surface area contributed by atoms with E-state index in [2.05, 4.69) is 4.98 Å². The molecular weight excluding hydrogens is 448 g/mol. The molecule has 4 heterocycles. The fourth-order valence-corrected chi connectivity index (χ4v) is 7.11. The number of halogens is 1. The number of ether oxygens (including phenoxy) is 1. The molecule has 30 heavy (non-hydrogen) atoms. The van der Waals surface area contributed by atoms with Gasteiger partial charge in [0.15, 0.2) is 27.7 Å². The van der Waals surface area contributed by atoms with Crippen molar-refractivity contribution in [3.05, 3.63) is 46.6 Å². The molecule has 1 unspecified atom stereocenters. The summed E-state index contributed by atoms with van der Waals surface area (Å²) in [7, 11) is -3.79. The molecule has 1 atom stereocenters. The molecule has 0 bridgehead atoms. The van der Waals surface area contributed by atoms with Gasteiger partial charge >= 0.3 is 0 Å². The number of fused-ring (bicyclic) bond motifs is 2. The number of carbonyl (C=O) groups excluding carboxylic acids is 1. The molecule has 1 saturated heterocycles. The summed E-state index contributed by atoms with van der Waals surface area (Å²) in [6, 6.07) is 7.84. The molecule has 0 N–H and O–H groups in total. The van der Waals surface area contributed by atoms with Crippen LogP contribution in [0.3, 0.4) is 0 Å². The second-order valence-corrected chi connectivity index (χ2v) is 10.4. The number of benzene rings is 1. The molecule has 2 aliphatic rings. The van der Waals surface area contributed by atoms with Crippen molar-refractivity contribution in [3.63, 3.8) is 0 Å². The van der Waals surface area contributed by atoms with Crippen molar-refractivity contribution >= 4 is 49.9 Å². The molecule has 0 amide bonds. The first-order valence-electron chi connectivity index (χ1n) is 9.55. The zero-order valence-electron chi connectivity index (χ0n) is 15.8. The van der Waals surface area contributed by atoms with Gasteiger partial charge in [-0.25, -0.2) is 13.4 Å². The van der Waals surface area contributed by atoms with Crippen molar-refractivity contribution in [1.29, 1.82) is 0 Å². The summed E-state index contributed by atoms with van der Waals surface area (Å²) in [5.74, 6) is 0. The average Bonchev–Trinajstić information content (AvgIpc) is 3.32. The van der Waals surface area contributed by atoms with Crippen molar-refractivity contribution in [2.45, 2.75) is 36.7 Å². The molecule has 8 nitrogen and oxygen atoms in total. The Morgan fingerprint density at radius 2 is 2.00 bits per heavy atom. The highest BCUT2D eigenvalue weighted by Gasteiger charge is 2.38. The molecule has 1 aromatic carbocycles. The Hall–Kier alpha value is -1.98. The van der Waals surface area contributed by atoms with Crippen LogP contribution in [0.2, 0.25) is 5.15 Å². The maximum absolute atomic E-state index is 13.3. The van der Waals surface area contributed by atoms with E-state index in [4.69, 9.17) is 16.3 Å². The standard InChI is InChI=1S/C19H19ClN4O4S2/c20-17-18(23-9-10-29-19(23)21-17)30(26,27)22-7-5-14(6-8-22)24-15-4-2-1-3-13(15)12-28-16(24)11-25/h1-4,9-11,14,16H,5-8,12H2. The molecule has 11 heteroatoms. The Morgan fingerprint density at radius 3 is 2.77 bits per heavy atom. The van der Waals surface area contributed by atoms with Gasteiger partial charge in [0.2, 0.25) is 0 Å². The van der Waals surface area contributed by atoms with E-state index in [0.29, 0.717) is 37.5 Å². The number of hydrogen-bond donors (Lipinski definition) is 0. The third-order valence-corrected chi connectivity index (χ3v) is 8.71. The summed E-state index contributed by atoms with van der Waals surface area (Å²) in [6.45, 7) is 1.04. The smallest absolute Gasteiger partial charge is 0.262 e. The van der Waals surface area contributed by atoms with Crippen molar-refractivity contribution in [3.8, 4) is 0 Å². The van der Waals surface area contributed by atoms with Crippen LogP contribution >= 0.6 is 22.9 Å². The van der Waals surface area contributed by atoms with E-state index in [0.717, 1.165) is 17.5 Å². The first kappa shape index (κ1) is 20.0. The lowest BCUT2D eigenvalue weighted by Gasteiger charge is -2.44. The van der Waals surface area contributed by atoms with E-state index in [-0.39, 0.29) is 16.2 Å². The highest BCUT2D eigenvalue weighted by atomic mass is 35.5. The topological polar surface area (TPSA) is 84.2 Å². The molecule has 0 saturated carbocycles. The Bertz CT molecular complexity index is 1200. The minimum atomic E-state index is -3.79. The maximum atomic E-state index is 13.3. The van der Waals surface area contributed by atoms with Crippen LogP contribution in [-0.2, 0) is 26.2 Å². The van der Waals surface area contributed by atoms with Gasteiger partial charge in [0, 0.05) is 42.0 Å². The van der Waals surface area contributed by atoms with E-state index >= 15 is 0 Å². The van der Waals surface area contributed by atoms with Crippen molar-refractivity contribution in [2.75, 3.05) is 18.0 Å². The van der Waals surface area contributed by atoms with Crippen molar-refractivity contribution in [2.24, 2.45) is 0 Å². The van der Waals surface area contributed by atoms with Crippen LogP contribution in [0.1, 0.15) is 18.4 Å². The predicted octanol–water partition coefficient (Wildman–Crippen LogP) is 2.76. The Kier molecular flexibility index (Phi) is 5.06. The van der Waals surface area contributed by atoms with Crippen LogP contribution in [0.5, 0.6) is 0 Å². The number of para-hydroxylation sites is 1. The van der Waals surface area contributed by atoms with E-state index in [1.165, 1.54) is 20.0 Å². The SMILES string of the molecule is O=CC1OCc2ccccc2N1C1CCN(S(=O)(=O)c2c(Cl)nc3sccn23)CC1. The molecule has 158 valence electrons. The second kappa shape index (κ2) is 7.61. The number of aldehydes is 1. The van der Waals surface area contributed by atoms with E-state index < -0.39 is 16.3 Å². The van der Waals surface area contributed by atoms with E-state index in [1.54, 1.807) is 11.6 Å². The van der Waals surface area contributed by atoms with Crippen LogP contribution < -0.4 is 4.90 Å². The lowest BCUT2D eigenvalue weighted by molar-refractivity contribution is -0.120. The number of piperidine rings is 1. The molecular formula is C19H19ClN4O4S2. The van der Waals surface area contributed by atoms with Gasteiger partial charge in [-0.1, -0.05) is 29.8 Å². The molecule has 3 aromatic rings. The number of hydrogen-bond acceptors (Lipinski definition) is 7. The zero-order chi connectivity index (χ0) is 20.9. The normalized spacial score (nSPS) is 21.1. The van der Waals surface area contributed by atoms with Gasteiger partial charge in [-0.2, -0.15) is 4.31 Å². The van der Waals surface area contributed by atoms with Gasteiger partial charge in [-0.3, -0.25) is 9.20 Å². The van der Waals surface area contributed by atoms with Gasteiger partial charge in [-0.05, 0) is 18.9 Å². The summed E-state index contributed by atoms with van der Waals surface area (Å²) >= 11 is 7.49. The predicted molar refractivity (Wildman–Crippen MR) is 113 cm³/mol. The summed E-state index contributed by atoms with van der Waals surface area (Å²) in [5.41, 5.74) is 2.00. The lowest BCUT2D eigenvalue weighted by atomic mass is 10.0. The van der Waals surface area contributed by atoms with Crippen LogP contribution in [0, 0.1) is 0 Å². The number of anilines is 1. The third kappa shape index (κ3) is 3.14. The Labute approximate surface area is 182 Å². The molecule has 5 rings (SSSR count). The quantitative estimate of drug-likeness (QED) is 0.550. The number of thiazole rings is 1. The van der Waals surface area contributed by atoms with Crippen LogP contribution in [0.25, 0.3) is 4.96 Å². The van der Waals surface area contributed by atoms with E-state index in [9.17, 15) is 13.2 Å². The highest BCUT2D eigenvalue weighted by molar-refractivity contribution is 7.89. The van der Waals surface area contributed by atoms with Gasteiger partial charge in [0.1, 0.15) is 0 Å². The molecule has 2 aliphatic heterocycles. The Morgan fingerprint density at radius 1 is 1.23 bits per heavy atom. The van der Waals surface area contributed by atoms with Crippen molar-refractivity contribution < 1.29 is 17.9 Å².